The Kier molecular flexibility index (Phi) is 4.22. The molecule has 0 aliphatic carbocycles. The molecule has 0 bridgehead atoms. The Morgan fingerprint density at radius 3 is 2.81 bits per heavy atom. The lowest BCUT2D eigenvalue weighted by Gasteiger charge is -2.36. The number of nitrogens with one attached hydrogen (secondary N) is 1. The van der Waals surface area contributed by atoms with Crippen LogP contribution in [0.4, 0.5) is 0 Å². The Morgan fingerprint density at radius 1 is 1.33 bits per heavy atom. The predicted octanol–water partition coefficient (Wildman–Crippen LogP) is 2.54. The molecule has 1 atom stereocenters. The third-order valence-corrected chi connectivity index (χ3v) is 4.46. The number of carbonyl (C=O) groups is 1. The second-order valence-electron chi connectivity index (χ2n) is 5.00. The number of ether oxygens (including phenoxy) is 1. The van der Waals surface area contributed by atoms with Crippen molar-refractivity contribution in [1.29, 1.82) is 0 Å². The van der Waals surface area contributed by atoms with Gasteiger partial charge in [-0.25, -0.2) is 0 Å². The van der Waals surface area contributed by atoms with Crippen LogP contribution in [0.25, 0.3) is 0 Å². The van der Waals surface area contributed by atoms with Crippen LogP contribution in [0, 0.1) is 0 Å². The summed E-state index contributed by atoms with van der Waals surface area (Å²) in [5.74, 6) is 0.941. The van der Waals surface area contributed by atoms with Crippen molar-refractivity contribution in [2.45, 2.75) is 6.04 Å². The molecular formula is C16H18N2O2S. The molecule has 5 heteroatoms. The molecule has 1 fully saturated rings. The van der Waals surface area contributed by atoms with Crippen LogP contribution in [0.1, 0.15) is 22.0 Å². The van der Waals surface area contributed by atoms with Crippen molar-refractivity contribution in [3.63, 3.8) is 0 Å². The number of nitrogens with zero attached hydrogens (tertiary/aromatic N) is 1. The van der Waals surface area contributed by atoms with Gasteiger partial charge in [0.25, 0.3) is 5.91 Å². The van der Waals surface area contributed by atoms with Crippen molar-refractivity contribution in [3.05, 3.63) is 52.2 Å². The van der Waals surface area contributed by atoms with Crippen molar-refractivity contribution >= 4 is 17.2 Å². The van der Waals surface area contributed by atoms with Crippen molar-refractivity contribution in [2.75, 3.05) is 26.7 Å². The van der Waals surface area contributed by atoms with Crippen LogP contribution in [0.3, 0.4) is 0 Å². The predicted molar refractivity (Wildman–Crippen MR) is 84.0 cm³/mol. The van der Waals surface area contributed by atoms with Crippen molar-refractivity contribution in [2.24, 2.45) is 0 Å². The van der Waals surface area contributed by atoms with E-state index < -0.39 is 0 Å². The zero-order valence-corrected chi connectivity index (χ0v) is 12.7. The summed E-state index contributed by atoms with van der Waals surface area (Å²) in [4.78, 5) is 14.6. The molecule has 0 unspecified atom stereocenters. The lowest BCUT2D eigenvalue weighted by Crippen LogP contribution is -2.48. The fourth-order valence-electron chi connectivity index (χ4n) is 2.62. The average molecular weight is 302 g/mol. The van der Waals surface area contributed by atoms with Crippen molar-refractivity contribution in [3.8, 4) is 5.75 Å². The minimum Gasteiger partial charge on any atom is -0.497 e. The summed E-state index contributed by atoms with van der Waals surface area (Å²) in [7, 11) is 1.66. The molecule has 2 aromatic rings. The van der Waals surface area contributed by atoms with Gasteiger partial charge in [-0.3, -0.25) is 4.79 Å². The summed E-state index contributed by atoms with van der Waals surface area (Å²) in [6, 6.07) is 9.90. The largest absolute Gasteiger partial charge is 0.497 e. The van der Waals surface area contributed by atoms with Gasteiger partial charge in [-0.1, -0.05) is 12.1 Å². The number of hydrogen-bond donors (Lipinski definition) is 1. The van der Waals surface area contributed by atoms with Gasteiger partial charge in [0.2, 0.25) is 0 Å². The van der Waals surface area contributed by atoms with Crippen LogP contribution in [0.5, 0.6) is 5.75 Å². The number of thiophene rings is 1. The van der Waals surface area contributed by atoms with E-state index in [1.54, 1.807) is 18.4 Å². The summed E-state index contributed by atoms with van der Waals surface area (Å²) < 4.78 is 5.19. The molecule has 0 spiro atoms. The first-order valence-corrected chi connectivity index (χ1v) is 7.91. The van der Waals surface area contributed by atoms with Crippen LogP contribution < -0.4 is 10.1 Å². The standard InChI is InChI=1S/C16H18N2O2S/c1-20-14-4-2-12(3-5-14)15-10-17-7-8-18(15)16(19)13-6-9-21-11-13/h2-6,9,11,15,17H,7-8,10H2,1H3/t15-/m1/s1. The number of rotatable bonds is 3. The monoisotopic (exact) mass is 302 g/mol. The van der Waals surface area contributed by atoms with Gasteiger partial charge in [-0.2, -0.15) is 11.3 Å². The molecule has 3 rings (SSSR count). The first-order valence-electron chi connectivity index (χ1n) is 6.97. The minimum atomic E-state index is 0.0667. The molecule has 1 aromatic carbocycles. The molecule has 1 saturated heterocycles. The number of hydrogen-bond acceptors (Lipinski definition) is 4. The molecule has 0 radical (unpaired) electrons. The number of benzene rings is 1. The quantitative estimate of drug-likeness (QED) is 0.947. The highest BCUT2D eigenvalue weighted by Gasteiger charge is 2.28. The third-order valence-electron chi connectivity index (χ3n) is 3.77. The van der Waals surface area contributed by atoms with Crippen LogP contribution >= 0.6 is 11.3 Å². The fraction of sp³-hybridized carbons (Fsp3) is 0.312. The maximum absolute atomic E-state index is 12.6. The van der Waals surface area contributed by atoms with E-state index in [2.05, 4.69) is 5.32 Å². The van der Waals surface area contributed by atoms with E-state index >= 15 is 0 Å². The van der Waals surface area contributed by atoms with E-state index in [4.69, 9.17) is 4.74 Å². The molecule has 4 nitrogen and oxygen atoms in total. The minimum absolute atomic E-state index is 0.0667. The number of carbonyl (C=O) groups excluding carboxylic acids is 1. The average Bonchev–Trinajstić information content (AvgIpc) is 3.09. The van der Waals surface area contributed by atoms with E-state index in [0.29, 0.717) is 0 Å². The SMILES string of the molecule is COc1ccc([C@H]2CNCCN2C(=O)c2ccsc2)cc1. The first kappa shape index (κ1) is 14.1. The van der Waals surface area contributed by atoms with Gasteiger partial charge in [-0.05, 0) is 29.1 Å². The van der Waals surface area contributed by atoms with Crippen LogP contribution in [0.15, 0.2) is 41.1 Å². The zero-order valence-electron chi connectivity index (χ0n) is 11.9. The fourth-order valence-corrected chi connectivity index (χ4v) is 3.25. The molecule has 2 heterocycles. The molecule has 1 amide bonds. The number of piperazine rings is 1. The highest BCUT2D eigenvalue weighted by molar-refractivity contribution is 7.08. The molecule has 1 aromatic heterocycles. The Balaban J connectivity index is 1.85. The third kappa shape index (κ3) is 2.94. The van der Waals surface area contributed by atoms with E-state index in [1.165, 1.54) is 0 Å². The molecule has 1 N–H and O–H groups in total. The lowest BCUT2D eigenvalue weighted by atomic mass is 10.0. The summed E-state index contributed by atoms with van der Waals surface area (Å²) in [6.07, 6.45) is 0. The Labute approximate surface area is 128 Å². The van der Waals surface area contributed by atoms with Gasteiger partial charge in [0.15, 0.2) is 0 Å². The Morgan fingerprint density at radius 2 is 2.14 bits per heavy atom. The normalized spacial score (nSPS) is 18.5. The number of amides is 1. The van der Waals surface area contributed by atoms with Crippen molar-refractivity contribution in [1.82, 2.24) is 10.2 Å². The molecule has 110 valence electrons. The van der Waals surface area contributed by atoms with Crippen molar-refractivity contribution < 1.29 is 9.53 Å². The maximum Gasteiger partial charge on any atom is 0.255 e. The van der Waals surface area contributed by atoms with E-state index in [9.17, 15) is 4.79 Å². The van der Waals surface area contributed by atoms with Crippen LogP contribution in [-0.4, -0.2) is 37.6 Å². The van der Waals surface area contributed by atoms with Crippen LogP contribution in [0.2, 0.25) is 0 Å². The van der Waals surface area contributed by atoms with E-state index in [0.717, 1.165) is 36.5 Å². The Hall–Kier alpha value is -1.85. The second-order valence-corrected chi connectivity index (χ2v) is 5.78. The molecule has 1 aliphatic rings. The smallest absolute Gasteiger partial charge is 0.255 e. The highest BCUT2D eigenvalue weighted by atomic mass is 32.1. The highest BCUT2D eigenvalue weighted by Crippen LogP contribution is 2.26. The molecule has 1 aliphatic heterocycles. The lowest BCUT2D eigenvalue weighted by molar-refractivity contribution is 0.0635. The first-order chi connectivity index (χ1) is 10.3. The topological polar surface area (TPSA) is 41.6 Å². The summed E-state index contributed by atoms with van der Waals surface area (Å²) in [5, 5.41) is 7.22. The van der Waals surface area contributed by atoms with Gasteiger partial charge in [-0.15, -0.1) is 0 Å². The van der Waals surface area contributed by atoms with Gasteiger partial charge < -0.3 is 15.0 Å². The van der Waals surface area contributed by atoms with E-state index in [1.807, 2.05) is 46.0 Å². The van der Waals surface area contributed by atoms with Crippen LogP contribution in [-0.2, 0) is 0 Å². The Bertz CT molecular complexity index is 595. The maximum atomic E-state index is 12.6. The summed E-state index contributed by atoms with van der Waals surface area (Å²) >= 11 is 1.55. The van der Waals surface area contributed by atoms with Gasteiger partial charge in [0, 0.05) is 25.0 Å². The van der Waals surface area contributed by atoms with Gasteiger partial charge in [0.05, 0.1) is 18.7 Å². The summed E-state index contributed by atoms with van der Waals surface area (Å²) in [5.41, 5.74) is 1.91. The number of methoxy groups -OCH3 is 1. The van der Waals surface area contributed by atoms with E-state index in [-0.39, 0.29) is 11.9 Å². The summed E-state index contributed by atoms with van der Waals surface area (Å²) in [6.45, 7) is 2.34. The van der Waals surface area contributed by atoms with Gasteiger partial charge in [0.1, 0.15) is 5.75 Å². The van der Waals surface area contributed by atoms with Gasteiger partial charge >= 0.3 is 0 Å². The molecular weight excluding hydrogens is 284 g/mol. The molecule has 0 saturated carbocycles. The zero-order chi connectivity index (χ0) is 14.7. The molecule has 21 heavy (non-hydrogen) atoms. The second kappa shape index (κ2) is 6.28.